The maximum absolute atomic E-state index is 13.0. The summed E-state index contributed by atoms with van der Waals surface area (Å²) in [6, 6.07) is 12.2. The molecule has 0 fully saturated rings. The zero-order valence-corrected chi connectivity index (χ0v) is 10.8. The van der Waals surface area contributed by atoms with E-state index in [9.17, 15) is 9.50 Å². The van der Waals surface area contributed by atoms with E-state index in [1.165, 1.54) is 6.07 Å². The number of halogens is 2. The molecule has 0 saturated heterocycles. The lowest BCUT2D eigenvalue weighted by Gasteiger charge is -2.14. The van der Waals surface area contributed by atoms with Gasteiger partial charge in [-0.15, -0.1) is 0 Å². The summed E-state index contributed by atoms with van der Waals surface area (Å²) in [4.78, 5) is 0. The fraction of sp³-hybridized carbons (Fsp3) is 0.200. The molecule has 2 rings (SSSR count). The molecule has 0 amide bonds. The van der Waals surface area contributed by atoms with Crippen molar-refractivity contribution in [2.45, 2.75) is 19.4 Å². The molecule has 18 heavy (non-hydrogen) atoms. The van der Waals surface area contributed by atoms with E-state index >= 15 is 0 Å². The van der Waals surface area contributed by atoms with Crippen molar-refractivity contribution in [3.8, 4) is 0 Å². The first-order valence-electron chi connectivity index (χ1n) is 5.75. The highest BCUT2D eigenvalue weighted by Gasteiger charge is 2.11. The lowest BCUT2D eigenvalue weighted by atomic mass is 9.98. The van der Waals surface area contributed by atoms with Crippen LogP contribution in [0.5, 0.6) is 0 Å². The molecule has 0 aromatic heterocycles. The van der Waals surface area contributed by atoms with Crippen molar-refractivity contribution in [1.29, 1.82) is 0 Å². The molecule has 0 heterocycles. The minimum Gasteiger partial charge on any atom is -0.388 e. The molecular weight excluding hydrogens is 251 g/mol. The van der Waals surface area contributed by atoms with Gasteiger partial charge >= 0.3 is 0 Å². The minimum atomic E-state index is -0.604. The first-order valence-corrected chi connectivity index (χ1v) is 6.13. The molecule has 0 aliphatic carbocycles. The second kappa shape index (κ2) is 5.51. The number of aryl methyl sites for hydroxylation is 1. The van der Waals surface area contributed by atoms with Crippen molar-refractivity contribution in [3.63, 3.8) is 0 Å². The monoisotopic (exact) mass is 264 g/mol. The normalized spacial score (nSPS) is 12.4. The SMILES string of the molecule is Cc1ccccc1C(O)Cc1ccc(F)c(Cl)c1. The van der Waals surface area contributed by atoms with Gasteiger partial charge in [-0.05, 0) is 35.7 Å². The summed E-state index contributed by atoms with van der Waals surface area (Å²) in [6.45, 7) is 1.95. The van der Waals surface area contributed by atoms with Crippen LogP contribution in [0.3, 0.4) is 0 Å². The zero-order valence-electron chi connectivity index (χ0n) is 10.0. The van der Waals surface area contributed by atoms with E-state index in [1.807, 2.05) is 31.2 Å². The van der Waals surface area contributed by atoms with Gasteiger partial charge in [0.2, 0.25) is 0 Å². The minimum absolute atomic E-state index is 0.0875. The van der Waals surface area contributed by atoms with Crippen LogP contribution in [-0.2, 0) is 6.42 Å². The summed E-state index contributed by atoms with van der Waals surface area (Å²) in [5.41, 5.74) is 2.74. The Morgan fingerprint density at radius 1 is 1.22 bits per heavy atom. The predicted octanol–water partition coefficient (Wildman–Crippen LogP) is 4.06. The molecule has 2 aromatic rings. The average Bonchev–Trinajstić information content (AvgIpc) is 2.34. The Kier molecular flexibility index (Phi) is 4.00. The smallest absolute Gasteiger partial charge is 0.141 e. The van der Waals surface area contributed by atoms with Crippen LogP contribution in [0.4, 0.5) is 4.39 Å². The lowest BCUT2D eigenvalue weighted by molar-refractivity contribution is 0.177. The Morgan fingerprint density at radius 3 is 2.61 bits per heavy atom. The second-order valence-corrected chi connectivity index (χ2v) is 4.73. The van der Waals surface area contributed by atoms with Gasteiger partial charge in [-0.3, -0.25) is 0 Å². The van der Waals surface area contributed by atoms with Crippen LogP contribution in [0.25, 0.3) is 0 Å². The summed E-state index contributed by atoms with van der Waals surface area (Å²) in [6.07, 6.45) is -0.182. The number of benzene rings is 2. The molecular formula is C15H14ClFO. The number of rotatable bonds is 3. The summed E-state index contributed by atoms with van der Waals surface area (Å²) in [7, 11) is 0. The van der Waals surface area contributed by atoms with Gasteiger partial charge in [0.1, 0.15) is 5.82 Å². The van der Waals surface area contributed by atoms with Crippen molar-refractivity contribution in [1.82, 2.24) is 0 Å². The van der Waals surface area contributed by atoms with E-state index in [0.29, 0.717) is 6.42 Å². The van der Waals surface area contributed by atoms with E-state index in [-0.39, 0.29) is 5.02 Å². The first-order chi connectivity index (χ1) is 8.58. The van der Waals surface area contributed by atoms with Gasteiger partial charge < -0.3 is 5.11 Å². The first kappa shape index (κ1) is 13.1. The van der Waals surface area contributed by atoms with E-state index in [4.69, 9.17) is 11.6 Å². The van der Waals surface area contributed by atoms with E-state index in [0.717, 1.165) is 16.7 Å². The Labute approximate surface area is 111 Å². The van der Waals surface area contributed by atoms with Crippen LogP contribution >= 0.6 is 11.6 Å². The van der Waals surface area contributed by atoms with Crippen LogP contribution < -0.4 is 0 Å². The zero-order chi connectivity index (χ0) is 13.1. The molecule has 0 saturated carbocycles. The summed E-state index contributed by atoms with van der Waals surface area (Å²) in [5.74, 6) is -0.439. The molecule has 1 atom stereocenters. The standard InChI is InChI=1S/C15H14ClFO/c1-10-4-2-3-5-12(10)15(18)9-11-6-7-14(17)13(16)8-11/h2-8,15,18H,9H2,1H3. The quantitative estimate of drug-likeness (QED) is 0.886. The van der Waals surface area contributed by atoms with E-state index in [2.05, 4.69) is 0 Å². The lowest BCUT2D eigenvalue weighted by Crippen LogP contribution is -2.03. The van der Waals surface area contributed by atoms with Gasteiger partial charge in [0, 0.05) is 6.42 Å². The van der Waals surface area contributed by atoms with Gasteiger partial charge in [-0.2, -0.15) is 0 Å². The fourth-order valence-corrected chi connectivity index (χ4v) is 2.16. The Bertz CT molecular complexity index is 554. The summed E-state index contributed by atoms with van der Waals surface area (Å²) >= 11 is 5.72. The Hall–Kier alpha value is -1.38. The highest BCUT2D eigenvalue weighted by atomic mass is 35.5. The second-order valence-electron chi connectivity index (χ2n) is 4.32. The van der Waals surface area contributed by atoms with Crippen molar-refractivity contribution >= 4 is 11.6 Å². The molecule has 2 aromatic carbocycles. The van der Waals surface area contributed by atoms with Crippen LogP contribution in [0.2, 0.25) is 5.02 Å². The van der Waals surface area contributed by atoms with Crippen molar-refractivity contribution in [3.05, 3.63) is 70.0 Å². The molecule has 0 aliphatic heterocycles. The van der Waals surface area contributed by atoms with Gasteiger partial charge in [0.15, 0.2) is 0 Å². The molecule has 1 N–H and O–H groups in total. The number of aliphatic hydroxyl groups excluding tert-OH is 1. The molecule has 94 valence electrons. The molecule has 0 aliphatic rings. The molecule has 0 bridgehead atoms. The Balaban J connectivity index is 2.19. The van der Waals surface area contributed by atoms with Crippen molar-refractivity contribution < 1.29 is 9.50 Å². The third kappa shape index (κ3) is 2.89. The number of aliphatic hydroxyl groups is 1. The average molecular weight is 265 g/mol. The number of hydrogen-bond donors (Lipinski definition) is 1. The van der Waals surface area contributed by atoms with Crippen molar-refractivity contribution in [2.75, 3.05) is 0 Å². The predicted molar refractivity (Wildman–Crippen MR) is 71.3 cm³/mol. The van der Waals surface area contributed by atoms with Crippen molar-refractivity contribution in [2.24, 2.45) is 0 Å². The van der Waals surface area contributed by atoms with Crippen LogP contribution in [0.15, 0.2) is 42.5 Å². The van der Waals surface area contributed by atoms with Gasteiger partial charge in [0.05, 0.1) is 11.1 Å². The van der Waals surface area contributed by atoms with Gasteiger partial charge in [-0.25, -0.2) is 4.39 Å². The fourth-order valence-electron chi connectivity index (χ4n) is 1.96. The van der Waals surface area contributed by atoms with Crippen LogP contribution in [0, 0.1) is 12.7 Å². The molecule has 1 nitrogen and oxygen atoms in total. The topological polar surface area (TPSA) is 20.2 Å². The van der Waals surface area contributed by atoms with Gasteiger partial charge in [-0.1, -0.05) is 41.9 Å². The summed E-state index contributed by atoms with van der Waals surface area (Å²) in [5, 5.41) is 10.3. The maximum Gasteiger partial charge on any atom is 0.141 e. The largest absolute Gasteiger partial charge is 0.388 e. The summed E-state index contributed by atoms with van der Waals surface area (Å²) < 4.78 is 13.0. The molecule has 0 radical (unpaired) electrons. The Morgan fingerprint density at radius 2 is 1.94 bits per heavy atom. The third-order valence-electron chi connectivity index (χ3n) is 2.96. The molecule has 1 unspecified atom stereocenters. The van der Waals surface area contributed by atoms with Crippen LogP contribution in [-0.4, -0.2) is 5.11 Å². The van der Waals surface area contributed by atoms with E-state index in [1.54, 1.807) is 12.1 Å². The van der Waals surface area contributed by atoms with E-state index < -0.39 is 11.9 Å². The number of hydrogen-bond acceptors (Lipinski definition) is 1. The third-order valence-corrected chi connectivity index (χ3v) is 3.25. The van der Waals surface area contributed by atoms with Crippen LogP contribution in [0.1, 0.15) is 22.8 Å². The highest BCUT2D eigenvalue weighted by Crippen LogP contribution is 2.23. The van der Waals surface area contributed by atoms with Gasteiger partial charge in [0.25, 0.3) is 0 Å². The highest BCUT2D eigenvalue weighted by molar-refractivity contribution is 6.30. The molecule has 0 spiro atoms. The maximum atomic E-state index is 13.0. The molecule has 3 heteroatoms.